The molecule has 0 unspecified atom stereocenters. The van der Waals surface area contributed by atoms with E-state index < -0.39 is 5.82 Å². The number of fused-ring (bicyclic) bond motifs is 1. The quantitative estimate of drug-likeness (QED) is 0.534. The Balaban J connectivity index is 1.66. The Morgan fingerprint density at radius 1 is 1.00 bits per heavy atom. The molecule has 4 aromatic rings. The van der Waals surface area contributed by atoms with Gasteiger partial charge in [-0.3, -0.25) is 0 Å². The number of ether oxygens (including phenoxy) is 2. The van der Waals surface area contributed by atoms with Gasteiger partial charge in [0.15, 0.2) is 11.6 Å². The van der Waals surface area contributed by atoms with Crippen LogP contribution in [-0.2, 0) is 0 Å². The Morgan fingerprint density at radius 2 is 1.84 bits per heavy atom. The van der Waals surface area contributed by atoms with Crippen LogP contribution in [0.1, 0.15) is 0 Å². The molecule has 0 N–H and O–H groups in total. The third-order valence-corrected chi connectivity index (χ3v) is 3.71. The first kappa shape index (κ1) is 15.1. The van der Waals surface area contributed by atoms with Crippen LogP contribution in [0.15, 0.2) is 65.2 Å². The maximum Gasteiger partial charge on any atom is 0.261 e. The number of hydrogen-bond acceptors (Lipinski definition) is 5. The zero-order chi connectivity index (χ0) is 17.2. The molecule has 0 bridgehead atoms. The summed E-state index contributed by atoms with van der Waals surface area (Å²) < 4.78 is 29.8. The zero-order valence-corrected chi connectivity index (χ0v) is 13.3. The molecule has 0 atom stereocenters. The lowest BCUT2D eigenvalue weighted by Crippen LogP contribution is -1.92. The van der Waals surface area contributed by atoms with Crippen LogP contribution < -0.4 is 9.47 Å². The second-order valence-electron chi connectivity index (χ2n) is 5.30. The largest absolute Gasteiger partial charge is 0.497 e. The molecule has 25 heavy (non-hydrogen) atoms. The van der Waals surface area contributed by atoms with E-state index in [-0.39, 0.29) is 11.6 Å². The first-order valence-corrected chi connectivity index (χ1v) is 7.58. The third-order valence-electron chi connectivity index (χ3n) is 3.71. The summed E-state index contributed by atoms with van der Waals surface area (Å²) in [5.41, 5.74) is 1.95. The van der Waals surface area contributed by atoms with E-state index >= 15 is 0 Å². The van der Waals surface area contributed by atoms with E-state index in [4.69, 9.17) is 14.0 Å². The number of nitrogens with zero attached hydrogens (tertiary/aromatic N) is 2. The fraction of sp³-hybridized carbons (Fsp3) is 0.0526. The highest BCUT2D eigenvalue weighted by Crippen LogP contribution is 2.31. The molecular formula is C19H13FN2O3. The number of hydrogen-bond donors (Lipinski definition) is 0. The lowest BCUT2D eigenvalue weighted by Gasteiger charge is -2.07. The van der Waals surface area contributed by atoms with Crippen molar-refractivity contribution in [2.75, 3.05) is 7.11 Å². The number of benzene rings is 2. The highest BCUT2D eigenvalue weighted by atomic mass is 19.1. The van der Waals surface area contributed by atoms with Crippen molar-refractivity contribution in [2.24, 2.45) is 0 Å². The van der Waals surface area contributed by atoms with Crippen molar-refractivity contribution in [1.29, 1.82) is 0 Å². The number of pyridine rings is 1. The van der Waals surface area contributed by atoms with Gasteiger partial charge in [-0.2, -0.15) is 4.98 Å². The summed E-state index contributed by atoms with van der Waals surface area (Å²) in [5, 5.41) is 4.83. The van der Waals surface area contributed by atoms with Gasteiger partial charge in [0.05, 0.1) is 12.5 Å². The molecule has 2 aromatic carbocycles. The minimum Gasteiger partial charge on any atom is -0.497 e. The van der Waals surface area contributed by atoms with Crippen LogP contribution >= 0.6 is 0 Å². The van der Waals surface area contributed by atoms with Gasteiger partial charge in [0.1, 0.15) is 11.4 Å². The van der Waals surface area contributed by atoms with Gasteiger partial charge in [-0.25, -0.2) is 4.39 Å². The molecule has 0 aliphatic heterocycles. The molecule has 0 saturated heterocycles. The summed E-state index contributed by atoms with van der Waals surface area (Å²) in [7, 11) is 1.47. The van der Waals surface area contributed by atoms with E-state index in [1.54, 1.807) is 18.2 Å². The first-order valence-electron chi connectivity index (χ1n) is 7.58. The number of halogens is 1. The van der Waals surface area contributed by atoms with Gasteiger partial charge in [-0.05, 0) is 18.2 Å². The standard InChI is InChI=1S/C19H13FN2O3/c1-23-13-7-9-16(15(20)11-13)24-17-10-8-14-18(22-25-19(14)21-17)12-5-3-2-4-6-12/h2-11H,1H3. The monoisotopic (exact) mass is 336 g/mol. The zero-order valence-electron chi connectivity index (χ0n) is 13.3. The van der Waals surface area contributed by atoms with E-state index in [9.17, 15) is 4.39 Å². The van der Waals surface area contributed by atoms with Crippen molar-refractivity contribution < 1.29 is 18.4 Å². The molecule has 0 saturated carbocycles. The SMILES string of the molecule is COc1ccc(Oc2ccc3c(-c4ccccc4)noc3n2)c(F)c1. The van der Waals surface area contributed by atoms with Crippen molar-refractivity contribution in [3.05, 3.63) is 66.5 Å². The molecule has 0 fully saturated rings. The fourth-order valence-corrected chi connectivity index (χ4v) is 2.48. The Kier molecular flexibility index (Phi) is 3.78. The first-order chi connectivity index (χ1) is 12.2. The van der Waals surface area contributed by atoms with Crippen molar-refractivity contribution in [3.8, 4) is 28.6 Å². The van der Waals surface area contributed by atoms with E-state index in [1.165, 1.54) is 19.2 Å². The predicted octanol–water partition coefficient (Wildman–Crippen LogP) is 4.83. The minimum atomic E-state index is -0.538. The normalized spacial score (nSPS) is 10.8. The molecule has 0 amide bonds. The highest BCUT2D eigenvalue weighted by Gasteiger charge is 2.14. The van der Waals surface area contributed by atoms with Crippen LogP contribution in [0.25, 0.3) is 22.4 Å². The summed E-state index contributed by atoms with van der Waals surface area (Å²) in [6.07, 6.45) is 0. The van der Waals surface area contributed by atoms with Crippen LogP contribution in [-0.4, -0.2) is 17.3 Å². The van der Waals surface area contributed by atoms with Crippen LogP contribution in [0, 0.1) is 5.82 Å². The molecule has 0 spiro atoms. The Morgan fingerprint density at radius 3 is 2.60 bits per heavy atom. The maximum atomic E-state index is 14.0. The van der Waals surface area contributed by atoms with Gasteiger partial charge in [0.2, 0.25) is 5.88 Å². The highest BCUT2D eigenvalue weighted by molar-refractivity contribution is 5.89. The Bertz CT molecular complexity index is 1030. The van der Waals surface area contributed by atoms with Gasteiger partial charge >= 0.3 is 0 Å². The second-order valence-corrected chi connectivity index (χ2v) is 5.30. The van der Waals surface area contributed by atoms with Gasteiger partial charge in [-0.15, -0.1) is 0 Å². The lowest BCUT2D eigenvalue weighted by atomic mass is 10.1. The molecule has 0 aliphatic rings. The Labute approximate surface area is 142 Å². The van der Waals surface area contributed by atoms with Gasteiger partial charge in [-0.1, -0.05) is 35.5 Å². The van der Waals surface area contributed by atoms with E-state index in [0.717, 1.165) is 10.9 Å². The van der Waals surface area contributed by atoms with Crippen molar-refractivity contribution in [1.82, 2.24) is 10.1 Å². The molecule has 0 radical (unpaired) electrons. The number of rotatable bonds is 4. The molecule has 2 aromatic heterocycles. The van der Waals surface area contributed by atoms with Crippen LogP contribution in [0.2, 0.25) is 0 Å². The van der Waals surface area contributed by atoms with Crippen LogP contribution in [0.3, 0.4) is 0 Å². The predicted molar refractivity (Wildman–Crippen MR) is 90.3 cm³/mol. The lowest BCUT2D eigenvalue weighted by molar-refractivity contribution is 0.397. The summed E-state index contributed by atoms with van der Waals surface area (Å²) in [6, 6.07) is 17.4. The molecular weight excluding hydrogens is 323 g/mol. The second kappa shape index (κ2) is 6.24. The van der Waals surface area contributed by atoms with E-state index in [2.05, 4.69) is 10.1 Å². The summed E-state index contributed by atoms with van der Waals surface area (Å²) in [4.78, 5) is 4.25. The number of aromatic nitrogens is 2. The summed E-state index contributed by atoms with van der Waals surface area (Å²) in [6.45, 7) is 0. The van der Waals surface area contributed by atoms with E-state index in [1.807, 2.05) is 30.3 Å². The topological polar surface area (TPSA) is 57.4 Å². The van der Waals surface area contributed by atoms with Crippen LogP contribution in [0.5, 0.6) is 17.4 Å². The van der Waals surface area contributed by atoms with Gasteiger partial charge in [0.25, 0.3) is 5.71 Å². The fourth-order valence-electron chi connectivity index (χ4n) is 2.48. The molecule has 6 heteroatoms. The van der Waals surface area contributed by atoms with Crippen molar-refractivity contribution in [2.45, 2.75) is 0 Å². The van der Waals surface area contributed by atoms with Crippen molar-refractivity contribution in [3.63, 3.8) is 0 Å². The summed E-state index contributed by atoms with van der Waals surface area (Å²) >= 11 is 0. The van der Waals surface area contributed by atoms with E-state index in [0.29, 0.717) is 17.2 Å². The average Bonchev–Trinajstić information content (AvgIpc) is 3.07. The molecule has 5 nitrogen and oxygen atoms in total. The van der Waals surface area contributed by atoms with Gasteiger partial charge in [0, 0.05) is 17.7 Å². The van der Waals surface area contributed by atoms with Crippen molar-refractivity contribution >= 4 is 11.1 Å². The molecule has 4 rings (SSSR count). The molecule has 0 aliphatic carbocycles. The van der Waals surface area contributed by atoms with Gasteiger partial charge < -0.3 is 14.0 Å². The number of methoxy groups -OCH3 is 1. The van der Waals surface area contributed by atoms with Crippen LogP contribution in [0.4, 0.5) is 4.39 Å². The summed E-state index contributed by atoms with van der Waals surface area (Å²) in [5.74, 6) is 0.141. The minimum absolute atomic E-state index is 0.0513. The molecule has 2 heterocycles. The third kappa shape index (κ3) is 2.89. The molecule has 124 valence electrons. The Hall–Kier alpha value is -3.41. The maximum absolute atomic E-state index is 14.0. The average molecular weight is 336 g/mol. The smallest absolute Gasteiger partial charge is 0.261 e.